The predicted molar refractivity (Wildman–Crippen MR) is 61.1 cm³/mol. The largest absolute Gasteiger partial charge is 0.347 e. The van der Waals surface area contributed by atoms with Crippen LogP contribution in [-0.4, -0.2) is 37.1 Å². The molecule has 2 aromatic rings. The molecule has 0 spiro atoms. The van der Waals surface area contributed by atoms with Crippen molar-refractivity contribution in [2.24, 2.45) is 0 Å². The van der Waals surface area contributed by atoms with E-state index in [4.69, 9.17) is 0 Å². The molecule has 3 rings (SSSR count). The molecular formula is C10H13N7O. The van der Waals surface area contributed by atoms with Gasteiger partial charge in [-0.2, -0.15) is 5.10 Å². The van der Waals surface area contributed by atoms with Crippen LogP contribution in [0.25, 0.3) is 0 Å². The van der Waals surface area contributed by atoms with Crippen LogP contribution in [0.3, 0.4) is 0 Å². The minimum atomic E-state index is -0.247. The molecule has 1 atom stereocenters. The normalized spacial score (nSPS) is 18.3. The maximum Gasteiger partial charge on any atom is 0.237 e. The molecule has 8 nitrogen and oxygen atoms in total. The number of carbonyl (C=O) groups is 1. The predicted octanol–water partition coefficient (Wildman–Crippen LogP) is -1.14. The van der Waals surface area contributed by atoms with Crippen LogP contribution in [0.1, 0.15) is 17.2 Å². The Hall–Kier alpha value is -2.22. The van der Waals surface area contributed by atoms with Crippen LogP contribution in [0.15, 0.2) is 12.7 Å². The van der Waals surface area contributed by atoms with E-state index in [1.54, 1.807) is 6.33 Å². The molecule has 0 saturated carbocycles. The highest BCUT2D eigenvalue weighted by Gasteiger charge is 2.25. The molecule has 18 heavy (non-hydrogen) atoms. The highest BCUT2D eigenvalue weighted by Crippen LogP contribution is 2.12. The molecule has 3 heterocycles. The fourth-order valence-electron chi connectivity index (χ4n) is 1.96. The summed E-state index contributed by atoms with van der Waals surface area (Å²) < 4.78 is 0. The Kier molecular flexibility index (Phi) is 2.77. The van der Waals surface area contributed by atoms with Crippen molar-refractivity contribution in [3.8, 4) is 0 Å². The number of carbonyl (C=O) groups excluding carboxylic acids is 1. The average Bonchev–Trinajstić information content (AvgIpc) is 3.05. The number of nitrogens with zero attached hydrogens (tertiary/aromatic N) is 3. The third-order valence-corrected chi connectivity index (χ3v) is 2.94. The van der Waals surface area contributed by atoms with Crippen LogP contribution in [0, 0.1) is 0 Å². The highest BCUT2D eigenvalue weighted by molar-refractivity contribution is 5.82. The standard InChI is InChI=1S/C10H13N7O/c18-10(12-3-9-15-5-16-17-9)7-1-6-8(2-11-7)14-4-13-6/h4-5,7,11H,1-3H2,(H,12,18)(H,13,14)(H,15,16,17). The van der Waals surface area contributed by atoms with Gasteiger partial charge in [0, 0.05) is 13.0 Å². The summed E-state index contributed by atoms with van der Waals surface area (Å²) in [7, 11) is 0. The minimum Gasteiger partial charge on any atom is -0.347 e. The second-order valence-corrected chi connectivity index (χ2v) is 4.12. The first kappa shape index (κ1) is 10.9. The first-order valence-corrected chi connectivity index (χ1v) is 5.69. The van der Waals surface area contributed by atoms with Crippen molar-refractivity contribution in [1.29, 1.82) is 0 Å². The lowest BCUT2D eigenvalue weighted by Gasteiger charge is -2.21. The van der Waals surface area contributed by atoms with Gasteiger partial charge in [-0.05, 0) is 0 Å². The number of imidazole rings is 1. The van der Waals surface area contributed by atoms with Crippen molar-refractivity contribution < 1.29 is 4.79 Å². The number of fused-ring (bicyclic) bond motifs is 1. The number of hydrogen-bond acceptors (Lipinski definition) is 5. The Morgan fingerprint density at radius 1 is 1.50 bits per heavy atom. The van der Waals surface area contributed by atoms with E-state index < -0.39 is 0 Å². The monoisotopic (exact) mass is 247 g/mol. The molecule has 0 saturated heterocycles. The van der Waals surface area contributed by atoms with Crippen molar-refractivity contribution in [1.82, 2.24) is 35.8 Å². The molecule has 0 radical (unpaired) electrons. The molecule has 1 aliphatic rings. The lowest BCUT2D eigenvalue weighted by molar-refractivity contribution is -0.123. The molecule has 0 fully saturated rings. The first-order valence-electron chi connectivity index (χ1n) is 5.69. The van der Waals surface area contributed by atoms with Gasteiger partial charge in [0.1, 0.15) is 12.2 Å². The summed E-state index contributed by atoms with van der Waals surface area (Å²) in [4.78, 5) is 23.1. The van der Waals surface area contributed by atoms with E-state index in [2.05, 4.69) is 35.8 Å². The maximum absolute atomic E-state index is 12.0. The molecule has 1 amide bonds. The number of aromatic amines is 2. The third-order valence-electron chi connectivity index (χ3n) is 2.94. The van der Waals surface area contributed by atoms with Crippen LogP contribution in [0.5, 0.6) is 0 Å². The van der Waals surface area contributed by atoms with Crippen LogP contribution in [0.2, 0.25) is 0 Å². The van der Waals surface area contributed by atoms with Gasteiger partial charge < -0.3 is 10.3 Å². The summed E-state index contributed by atoms with van der Waals surface area (Å²) in [6.07, 6.45) is 3.67. The van der Waals surface area contributed by atoms with E-state index in [1.807, 2.05) is 0 Å². The molecule has 1 unspecified atom stereocenters. The number of aromatic nitrogens is 5. The van der Waals surface area contributed by atoms with E-state index in [0.717, 1.165) is 11.4 Å². The Labute approximate surface area is 103 Å². The molecule has 4 N–H and O–H groups in total. The molecule has 1 aliphatic heterocycles. The van der Waals surface area contributed by atoms with E-state index in [-0.39, 0.29) is 11.9 Å². The van der Waals surface area contributed by atoms with Gasteiger partial charge >= 0.3 is 0 Å². The fourth-order valence-corrected chi connectivity index (χ4v) is 1.96. The SMILES string of the molecule is O=C(NCc1ncn[nH]1)C1Cc2nc[nH]c2CN1. The second-order valence-electron chi connectivity index (χ2n) is 4.12. The number of rotatable bonds is 3. The Morgan fingerprint density at radius 2 is 2.44 bits per heavy atom. The zero-order valence-corrected chi connectivity index (χ0v) is 9.60. The maximum atomic E-state index is 12.0. The number of nitrogens with one attached hydrogen (secondary N) is 4. The Bertz CT molecular complexity index is 532. The zero-order chi connectivity index (χ0) is 12.4. The van der Waals surface area contributed by atoms with E-state index in [1.165, 1.54) is 6.33 Å². The quantitative estimate of drug-likeness (QED) is 0.547. The second kappa shape index (κ2) is 4.57. The average molecular weight is 247 g/mol. The first-order chi connectivity index (χ1) is 8.83. The van der Waals surface area contributed by atoms with Gasteiger partial charge in [0.25, 0.3) is 0 Å². The molecule has 0 aliphatic carbocycles. The topological polar surface area (TPSA) is 111 Å². The van der Waals surface area contributed by atoms with Gasteiger partial charge in [0.15, 0.2) is 0 Å². The van der Waals surface area contributed by atoms with Gasteiger partial charge in [-0.15, -0.1) is 0 Å². The zero-order valence-electron chi connectivity index (χ0n) is 9.60. The van der Waals surface area contributed by atoms with Crippen LogP contribution in [0.4, 0.5) is 0 Å². The summed E-state index contributed by atoms with van der Waals surface area (Å²) in [6.45, 7) is 0.986. The van der Waals surface area contributed by atoms with E-state index in [9.17, 15) is 4.79 Å². The molecule has 0 bridgehead atoms. The number of H-pyrrole nitrogens is 2. The van der Waals surface area contributed by atoms with Gasteiger partial charge in [-0.1, -0.05) is 0 Å². The molecule has 94 valence electrons. The summed E-state index contributed by atoms with van der Waals surface area (Å²) in [5, 5.41) is 12.4. The highest BCUT2D eigenvalue weighted by atomic mass is 16.2. The van der Waals surface area contributed by atoms with Gasteiger partial charge in [0.2, 0.25) is 5.91 Å². The van der Waals surface area contributed by atoms with Crippen molar-refractivity contribution in [2.75, 3.05) is 0 Å². The lowest BCUT2D eigenvalue weighted by Crippen LogP contribution is -2.47. The Balaban J connectivity index is 1.57. The summed E-state index contributed by atoms with van der Waals surface area (Å²) in [5.41, 5.74) is 2.00. The molecule has 0 aromatic carbocycles. The third kappa shape index (κ3) is 2.09. The van der Waals surface area contributed by atoms with E-state index in [0.29, 0.717) is 25.3 Å². The van der Waals surface area contributed by atoms with Crippen LogP contribution in [-0.2, 0) is 24.3 Å². The number of amides is 1. The minimum absolute atomic E-state index is 0.0555. The number of hydrogen-bond donors (Lipinski definition) is 4. The fraction of sp³-hybridized carbons (Fsp3) is 0.400. The summed E-state index contributed by atoms with van der Waals surface area (Å²) >= 11 is 0. The molecular weight excluding hydrogens is 234 g/mol. The smallest absolute Gasteiger partial charge is 0.237 e. The van der Waals surface area contributed by atoms with Crippen LogP contribution >= 0.6 is 0 Å². The van der Waals surface area contributed by atoms with Crippen molar-refractivity contribution >= 4 is 5.91 Å². The Morgan fingerprint density at radius 3 is 3.28 bits per heavy atom. The van der Waals surface area contributed by atoms with Crippen molar-refractivity contribution in [3.05, 3.63) is 29.9 Å². The lowest BCUT2D eigenvalue weighted by atomic mass is 10.0. The van der Waals surface area contributed by atoms with Crippen LogP contribution < -0.4 is 10.6 Å². The van der Waals surface area contributed by atoms with Crippen molar-refractivity contribution in [2.45, 2.75) is 25.6 Å². The van der Waals surface area contributed by atoms with Gasteiger partial charge in [-0.3, -0.25) is 15.2 Å². The summed E-state index contributed by atoms with van der Waals surface area (Å²) in [6, 6.07) is -0.247. The van der Waals surface area contributed by atoms with Crippen molar-refractivity contribution in [3.63, 3.8) is 0 Å². The molecule has 8 heteroatoms. The van der Waals surface area contributed by atoms with E-state index >= 15 is 0 Å². The van der Waals surface area contributed by atoms with Gasteiger partial charge in [0.05, 0.1) is 30.3 Å². The molecule has 2 aromatic heterocycles. The van der Waals surface area contributed by atoms with Gasteiger partial charge in [-0.25, -0.2) is 9.97 Å². The summed E-state index contributed by atoms with van der Waals surface area (Å²) in [5.74, 6) is 0.583.